The molecule has 0 aromatic heterocycles. The van der Waals surface area contributed by atoms with Crippen molar-refractivity contribution < 1.29 is 19.2 Å². The molecule has 0 amide bonds. The van der Waals surface area contributed by atoms with Crippen LogP contribution in [0.2, 0.25) is 0 Å². The van der Waals surface area contributed by atoms with Crippen molar-refractivity contribution in [2.75, 3.05) is 0 Å². The molecule has 0 aliphatic heterocycles. The molecular weight excluding hydrogens is 328 g/mol. The number of Topliss-reactive ketones (excluding diaryl/α,β-unsaturated/α-hetero) is 2. The Labute approximate surface area is 150 Å². The Kier molecular flexibility index (Phi) is 4.59. The number of hydrogen-bond donors (Lipinski definition) is 0. The van der Waals surface area contributed by atoms with Crippen LogP contribution >= 0.6 is 0 Å². The Morgan fingerprint density at radius 1 is 0.500 bits per heavy atom. The van der Waals surface area contributed by atoms with Crippen LogP contribution in [0.25, 0.3) is 0 Å². The fraction of sp³-hybridized carbons (Fsp3) is 0.0909. The first-order valence-corrected chi connectivity index (χ1v) is 8.13. The van der Waals surface area contributed by atoms with Crippen LogP contribution in [0.3, 0.4) is 0 Å². The molecule has 0 fully saturated rings. The molecule has 0 unspecified atom stereocenters. The predicted octanol–water partition coefficient (Wildman–Crippen LogP) is 4.02. The number of ketones is 4. The first-order chi connectivity index (χ1) is 12.4. The van der Waals surface area contributed by atoms with Gasteiger partial charge in [-0.2, -0.15) is 0 Å². The monoisotopic (exact) mass is 344 g/mol. The molecule has 0 radical (unpaired) electrons. The van der Waals surface area contributed by atoms with Gasteiger partial charge in [-0.3, -0.25) is 19.2 Å². The van der Waals surface area contributed by atoms with Gasteiger partial charge in [-0.15, -0.1) is 0 Å². The molecule has 2 aromatic rings. The summed E-state index contributed by atoms with van der Waals surface area (Å²) in [6, 6.07) is 13.8. The summed E-state index contributed by atoms with van der Waals surface area (Å²) in [6.45, 7) is 3.33. The molecule has 2 aromatic carbocycles. The second kappa shape index (κ2) is 6.84. The number of fused-ring (bicyclic) bond motifs is 2. The third-order valence-electron chi connectivity index (χ3n) is 4.29. The smallest absolute Gasteiger partial charge is 0.189 e. The highest BCUT2D eigenvalue weighted by Gasteiger charge is 2.22. The highest BCUT2D eigenvalue weighted by Crippen LogP contribution is 2.21. The van der Waals surface area contributed by atoms with E-state index in [-0.39, 0.29) is 23.1 Å². The van der Waals surface area contributed by atoms with E-state index in [0.29, 0.717) is 33.4 Å². The van der Waals surface area contributed by atoms with Crippen molar-refractivity contribution in [3.63, 3.8) is 0 Å². The van der Waals surface area contributed by atoms with Crippen molar-refractivity contribution >= 4 is 23.1 Å². The van der Waals surface area contributed by atoms with Crippen LogP contribution < -0.4 is 0 Å². The first-order valence-electron chi connectivity index (χ1n) is 8.13. The molecule has 4 nitrogen and oxygen atoms in total. The van der Waals surface area contributed by atoms with E-state index >= 15 is 0 Å². The molecule has 0 heterocycles. The number of allylic oxidation sites excluding steroid dienone is 4. The summed E-state index contributed by atoms with van der Waals surface area (Å²) in [5.74, 6) is -0.245. The van der Waals surface area contributed by atoms with Gasteiger partial charge in [0.25, 0.3) is 0 Å². The van der Waals surface area contributed by atoms with Crippen LogP contribution in [-0.2, 0) is 0 Å². The van der Waals surface area contributed by atoms with Gasteiger partial charge in [-0.1, -0.05) is 48.5 Å². The number of rotatable bonds is 0. The number of carbonyl (C=O) groups is 4. The third kappa shape index (κ3) is 3.09. The van der Waals surface area contributed by atoms with Crippen LogP contribution in [0.4, 0.5) is 0 Å². The second-order valence-corrected chi connectivity index (χ2v) is 6.13. The van der Waals surface area contributed by atoms with Crippen LogP contribution in [-0.4, -0.2) is 23.1 Å². The third-order valence-corrected chi connectivity index (χ3v) is 4.29. The van der Waals surface area contributed by atoms with E-state index in [2.05, 4.69) is 0 Å². The quantitative estimate of drug-likeness (QED) is 0.724. The molecule has 4 rings (SSSR count). The topological polar surface area (TPSA) is 68.3 Å². The normalized spacial score (nSPS) is 15.3. The minimum absolute atomic E-state index is 0.0461. The summed E-state index contributed by atoms with van der Waals surface area (Å²) in [6.07, 6.45) is 2.79. The highest BCUT2D eigenvalue weighted by molar-refractivity contribution is 6.25. The fourth-order valence-corrected chi connectivity index (χ4v) is 2.90. The van der Waals surface area contributed by atoms with E-state index in [1.807, 2.05) is 0 Å². The Morgan fingerprint density at radius 2 is 0.808 bits per heavy atom. The van der Waals surface area contributed by atoms with Gasteiger partial charge < -0.3 is 0 Å². The van der Waals surface area contributed by atoms with Gasteiger partial charge in [0.15, 0.2) is 23.1 Å². The van der Waals surface area contributed by atoms with Crippen molar-refractivity contribution in [1.82, 2.24) is 0 Å². The van der Waals surface area contributed by atoms with E-state index in [4.69, 9.17) is 0 Å². The van der Waals surface area contributed by atoms with Gasteiger partial charge in [0, 0.05) is 33.4 Å². The van der Waals surface area contributed by atoms with Crippen molar-refractivity contribution in [1.29, 1.82) is 0 Å². The molecule has 0 spiro atoms. The standard InChI is InChI=1S/2C11H8O2/c2*1-7-6-10(12)8-4-2-3-5-9(8)11(7)13/h2*2-6H,1H3. The molecule has 0 atom stereocenters. The number of carbonyl (C=O) groups excluding carboxylic acids is 4. The molecule has 0 bridgehead atoms. The van der Waals surface area contributed by atoms with E-state index in [9.17, 15) is 19.2 Å². The van der Waals surface area contributed by atoms with Crippen molar-refractivity contribution in [2.24, 2.45) is 0 Å². The van der Waals surface area contributed by atoms with Gasteiger partial charge in [-0.05, 0) is 26.0 Å². The maximum absolute atomic E-state index is 11.5. The summed E-state index contributed by atoms with van der Waals surface area (Å²) in [4.78, 5) is 45.9. The van der Waals surface area contributed by atoms with E-state index in [1.165, 1.54) is 12.2 Å². The Morgan fingerprint density at radius 3 is 1.15 bits per heavy atom. The number of benzene rings is 2. The average molecular weight is 344 g/mol. The summed E-state index contributed by atoms with van der Waals surface area (Å²) >= 11 is 0. The minimum atomic E-state index is -0.0762. The average Bonchev–Trinajstić information content (AvgIpc) is 2.65. The summed E-state index contributed by atoms with van der Waals surface area (Å²) in [5.41, 5.74) is 3.10. The van der Waals surface area contributed by atoms with Crippen LogP contribution in [0.5, 0.6) is 0 Å². The van der Waals surface area contributed by atoms with E-state index < -0.39 is 0 Å². The molecule has 26 heavy (non-hydrogen) atoms. The van der Waals surface area contributed by atoms with Crippen LogP contribution in [0.15, 0.2) is 71.8 Å². The lowest BCUT2D eigenvalue weighted by Crippen LogP contribution is -2.14. The van der Waals surface area contributed by atoms with Gasteiger partial charge in [0.2, 0.25) is 0 Å². The summed E-state index contributed by atoms with van der Waals surface area (Å²) in [5, 5.41) is 0. The molecule has 4 heteroatoms. The summed E-state index contributed by atoms with van der Waals surface area (Å²) < 4.78 is 0. The lowest BCUT2D eigenvalue weighted by Gasteiger charge is -2.11. The van der Waals surface area contributed by atoms with Crippen LogP contribution in [0, 0.1) is 0 Å². The molecule has 2 aliphatic carbocycles. The highest BCUT2D eigenvalue weighted by atomic mass is 16.1. The van der Waals surface area contributed by atoms with Crippen molar-refractivity contribution in [2.45, 2.75) is 13.8 Å². The van der Waals surface area contributed by atoms with Gasteiger partial charge in [0.1, 0.15) is 0 Å². The van der Waals surface area contributed by atoms with Crippen molar-refractivity contribution in [3.05, 3.63) is 94.1 Å². The Bertz CT molecular complexity index is 938. The molecule has 0 saturated heterocycles. The lowest BCUT2D eigenvalue weighted by molar-refractivity contribution is 0.0984. The Balaban J connectivity index is 0.000000151. The van der Waals surface area contributed by atoms with Crippen molar-refractivity contribution in [3.8, 4) is 0 Å². The molecule has 0 N–H and O–H groups in total. The van der Waals surface area contributed by atoms with Crippen LogP contribution in [0.1, 0.15) is 55.3 Å². The molecule has 2 aliphatic rings. The lowest BCUT2D eigenvalue weighted by atomic mass is 9.90. The van der Waals surface area contributed by atoms with Gasteiger partial charge >= 0.3 is 0 Å². The van der Waals surface area contributed by atoms with Gasteiger partial charge in [-0.25, -0.2) is 0 Å². The van der Waals surface area contributed by atoms with E-state index in [0.717, 1.165) is 0 Å². The zero-order valence-electron chi connectivity index (χ0n) is 14.4. The van der Waals surface area contributed by atoms with Gasteiger partial charge in [0.05, 0.1) is 0 Å². The largest absolute Gasteiger partial charge is 0.289 e. The predicted molar refractivity (Wildman–Crippen MR) is 97.7 cm³/mol. The Hall–Kier alpha value is -3.40. The maximum Gasteiger partial charge on any atom is 0.189 e. The molecule has 0 saturated carbocycles. The first kappa shape index (κ1) is 17.4. The minimum Gasteiger partial charge on any atom is -0.289 e. The van der Waals surface area contributed by atoms with E-state index in [1.54, 1.807) is 62.4 Å². The fourth-order valence-electron chi connectivity index (χ4n) is 2.90. The summed E-state index contributed by atoms with van der Waals surface area (Å²) in [7, 11) is 0. The number of hydrogen-bond acceptors (Lipinski definition) is 4. The zero-order chi connectivity index (χ0) is 18.8. The zero-order valence-corrected chi connectivity index (χ0v) is 14.4. The SMILES string of the molecule is CC1=CC(=O)c2ccccc2C1=O.CC1=CC(=O)c2ccccc2C1=O. The molecule has 128 valence electrons. The molecular formula is C22H16O4. The second-order valence-electron chi connectivity index (χ2n) is 6.13. The maximum atomic E-state index is 11.5.